The fraction of sp³-hybridized carbons (Fsp3) is 0.458. The molecule has 1 atom stereocenters. The van der Waals surface area contributed by atoms with Gasteiger partial charge < -0.3 is 9.80 Å². The number of benzene rings is 2. The first kappa shape index (κ1) is 18.1. The van der Waals surface area contributed by atoms with Gasteiger partial charge in [-0.15, -0.1) is 0 Å². The SMILES string of the molecule is CN(Cc1ccc(N2CCCCC2)cc1)C(=O)CC1CCc2ccccc21. The summed E-state index contributed by atoms with van der Waals surface area (Å²) in [5, 5.41) is 0. The van der Waals surface area contributed by atoms with Gasteiger partial charge in [-0.05, 0) is 66.8 Å². The van der Waals surface area contributed by atoms with Crippen LogP contribution in [-0.2, 0) is 17.8 Å². The number of piperidine rings is 1. The van der Waals surface area contributed by atoms with E-state index in [1.54, 1.807) is 0 Å². The van der Waals surface area contributed by atoms with Gasteiger partial charge in [0.15, 0.2) is 0 Å². The Kier molecular flexibility index (Phi) is 5.47. The van der Waals surface area contributed by atoms with E-state index in [-0.39, 0.29) is 5.91 Å². The van der Waals surface area contributed by atoms with Crippen molar-refractivity contribution >= 4 is 11.6 Å². The predicted molar refractivity (Wildman–Crippen MR) is 111 cm³/mol. The molecule has 0 saturated carbocycles. The van der Waals surface area contributed by atoms with Gasteiger partial charge in [-0.2, -0.15) is 0 Å². The smallest absolute Gasteiger partial charge is 0.223 e. The number of anilines is 1. The Morgan fingerprint density at radius 2 is 1.78 bits per heavy atom. The second-order valence-electron chi connectivity index (χ2n) is 8.10. The van der Waals surface area contributed by atoms with Gasteiger partial charge in [0, 0.05) is 38.8 Å². The third-order valence-electron chi connectivity index (χ3n) is 6.18. The van der Waals surface area contributed by atoms with Crippen LogP contribution in [0.25, 0.3) is 0 Å². The normalized spacial score (nSPS) is 19.0. The van der Waals surface area contributed by atoms with Gasteiger partial charge in [-0.1, -0.05) is 36.4 Å². The minimum Gasteiger partial charge on any atom is -0.372 e. The van der Waals surface area contributed by atoms with Crippen LogP contribution in [0.4, 0.5) is 5.69 Å². The highest BCUT2D eigenvalue weighted by molar-refractivity contribution is 5.77. The molecule has 0 radical (unpaired) electrons. The molecule has 2 aromatic rings. The van der Waals surface area contributed by atoms with Crippen molar-refractivity contribution in [1.29, 1.82) is 0 Å². The number of amides is 1. The number of carbonyl (C=O) groups is 1. The van der Waals surface area contributed by atoms with E-state index < -0.39 is 0 Å². The molecule has 0 spiro atoms. The van der Waals surface area contributed by atoms with E-state index in [4.69, 9.17) is 0 Å². The molecule has 1 saturated heterocycles. The first-order valence-electron chi connectivity index (χ1n) is 10.4. The van der Waals surface area contributed by atoms with E-state index in [1.807, 2.05) is 11.9 Å². The molecule has 4 rings (SSSR count). The first-order chi connectivity index (χ1) is 13.2. The number of hydrogen-bond donors (Lipinski definition) is 0. The zero-order valence-corrected chi connectivity index (χ0v) is 16.4. The number of carbonyl (C=O) groups excluding carboxylic acids is 1. The summed E-state index contributed by atoms with van der Waals surface area (Å²) in [6, 6.07) is 17.4. The van der Waals surface area contributed by atoms with Crippen LogP contribution in [0.15, 0.2) is 48.5 Å². The van der Waals surface area contributed by atoms with Crippen LogP contribution in [0.2, 0.25) is 0 Å². The minimum atomic E-state index is 0.247. The van der Waals surface area contributed by atoms with Crippen molar-refractivity contribution in [2.24, 2.45) is 0 Å². The summed E-state index contributed by atoms with van der Waals surface area (Å²) >= 11 is 0. The Morgan fingerprint density at radius 3 is 2.56 bits per heavy atom. The number of fused-ring (bicyclic) bond motifs is 1. The van der Waals surface area contributed by atoms with E-state index >= 15 is 0 Å². The minimum absolute atomic E-state index is 0.247. The summed E-state index contributed by atoms with van der Waals surface area (Å²) in [5.74, 6) is 0.634. The molecule has 1 aliphatic carbocycles. The van der Waals surface area contributed by atoms with E-state index in [0.29, 0.717) is 18.9 Å². The van der Waals surface area contributed by atoms with Gasteiger partial charge in [0.1, 0.15) is 0 Å². The first-order valence-corrected chi connectivity index (χ1v) is 10.4. The van der Waals surface area contributed by atoms with E-state index in [1.165, 1.54) is 54.7 Å². The molecule has 1 heterocycles. The van der Waals surface area contributed by atoms with Crippen LogP contribution in [0.3, 0.4) is 0 Å². The van der Waals surface area contributed by atoms with Crippen molar-refractivity contribution in [3.8, 4) is 0 Å². The number of aryl methyl sites for hydroxylation is 1. The van der Waals surface area contributed by atoms with Crippen LogP contribution in [-0.4, -0.2) is 30.9 Å². The van der Waals surface area contributed by atoms with Gasteiger partial charge in [-0.3, -0.25) is 4.79 Å². The Balaban J connectivity index is 1.33. The summed E-state index contributed by atoms with van der Waals surface area (Å²) < 4.78 is 0. The molecule has 1 fully saturated rings. The summed E-state index contributed by atoms with van der Waals surface area (Å²) in [6.07, 6.45) is 6.78. The maximum Gasteiger partial charge on any atom is 0.223 e. The summed E-state index contributed by atoms with van der Waals surface area (Å²) in [7, 11) is 1.93. The molecular weight excluding hydrogens is 332 g/mol. The Labute approximate surface area is 163 Å². The third-order valence-corrected chi connectivity index (χ3v) is 6.18. The molecule has 3 nitrogen and oxygen atoms in total. The lowest BCUT2D eigenvalue weighted by molar-refractivity contribution is -0.130. The van der Waals surface area contributed by atoms with Crippen LogP contribution in [0.1, 0.15) is 54.7 Å². The molecule has 2 aromatic carbocycles. The lowest BCUT2D eigenvalue weighted by Gasteiger charge is -2.29. The average Bonchev–Trinajstić information content (AvgIpc) is 3.12. The van der Waals surface area contributed by atoms with Crippen LogP contribution in [0.5, 0.6) is 0 Å². The second kappa shape index (κ2) is 8.16. The summed E-state index contributed by atoms with van der Waals surface area (Å²) in [4.78, 5) is 17.1. The molecule has 27 heavy (non-hydrogen) atoms. The van der Waals surface area contributed by atoms with Crippen molar-refractivity contribution in [2.75, 3.05) is 25.0 Å². The fourth-order valence-electron chi connectivity index (χ4n) is 4.55. The van der Waals surface area contributed by atoms with E-state index in [2.05, 4.69) is 53.4 Å². The highest BCUT2D eigenvalue weighted by atomic mass is 16.2. The van der Waals surface area contributed by atoms with Gasteiger partial charge in [0.25, 0.3) is 0 Å². The molecule has 1 unspecified atom stereocenters. The largest absolute Gasteiger partial charge is 0.372 e. The molecule has 1 amide bonds. The van der Waals surface area contributed by atoms with Crippen molar-refractivity contribution in [3.63, 3.8) is 0 Å². The van der Waals surface area contributed by atoms with Crippen LogP contribution in [0, 0.1) is 0 Å². The van der Waals surface area contributed by atoms with Crippen molar-refractivity contribution < 1.29 is 4.79 Å². The monoisotopic (exact) mass is 362 g/mol. The zero-order chi connectivity index (χ0) is 18.6. The lowest BCUT2D eigenvalue weighted by Crippen LogP contribution is -2.29. The maximum atomic E-state index is 12.7. The Bertz CT molecular complexity index is 777. The topological polar surface area (TPSA) is 23.6 Å². The van der Waals surface area contributed by atoms with Gasteiger partial charge in [-0.25, -0.2) is 0 Å². The zero-order valence-electron chi connectivity index (χ0n) is 16.4. The maximum absolute atomic E-state index is 12.7. The van der Waals surface area contributed by atoms with Crippen LogP contribution < -0.4 is 4.90 Å². The lowest BCUT2D eigenvalue weighted by atomic mass is 9.97. The van der Waals surface area contributed by atoms with Crippen molar-refractivity contribution in [1.82, 2.24) is 4.90 Å². The third kappa shape index (κ3) is 4.18. The van der Waals surface area contributed by atoms with Gasteiger partial charge >= 0.3 is 0 Å². The Hall–Kier alpha value is -2.29. The quantitative estimate of drug-likeness (QED) is 0.766. The highest BCUT2D eigenvalue weighted by Crippen LogP contribution is 2.35. The molecule has 1 aliphatic heterocycles. The number of hydrogen-bond acceptors (Lipinski definition) is 2. The summed E-state index contributed by atoms with van der Waals surface area (Å²) in [6.45, 7) is 3.02. The number of rotatable bonds is 5. The highest BCUT2D eigenvalue weighted by Gasteiger charge is 2.25. The summed E-state index contributed by atoms with van der Waals surface area (Å²) in [5.41, 5.74) is 5.32. The molecule has 142 valence electrons. The van der Waals surface area contributed by atoms with Crippen LogP contribution >= 0.6 is 0 Å². The van der Waals surface area contributed by atoms with E-state index in [0.717, 1.165) is 12.8 Å². The molecular formula is C24H30N2O. The number of nitrogens with zero attached hydrogens (tertiary/aromatic N) is 2. The van der Waals surface area contributed by atoms with E-state index in [9.17, 15) is 4.79 Å². The molecule has 3 heteroatoms. The predicted octanol–water partition coefficient (Wildman–Crippen LogP) is 4.76. The standard InChI is InChI=1S/C24H30N2O/c1-25(24(27)17-21-12-11-20-7-3-4-8-23(20)21)18-19-9-13-22(14-10-19)26-15-5-2-6-16-26/h3-4,7-10,13-14,21H,2,5-6,11-12,15-18H2,1H3. The van der Waals surface area contributed by atoms with Gasteiger partial charge in [0.05, 0.1) is 0 Å². The molecule has 2 aliphatic rings. The Morgan fingerprint density at radius 1 is 1.04 bits per heavy atom. The van der Waals surface area contributed by atoms with Crippen molar-refractivity contribution in [2.45, 2.75) is 51.0 Å². The second-order valence-corrected chi connectivity index (χ2v) is 8.10. The van der Waals surface area contributed by atoms with Crippen molar-refractivity contribution in [3.05, 3.63) is 65.2 Å². The van der Waals surface area contributed by atoms with Gasteiger partial charge in [0.2, 0.25) is 5.91 Å². The molecule has 0 aromatic heterocycles. The fourth-order valence-corrected chi connectivity index (χ4v) is 4.55. The average molecular weight is 363 g/mol. The molecule has 0 N–H and O–H groups in total. The molecule has 0 bridgehead atoms.